The Balaban J connectivity index is 1.98. The average Bonchev–Trinajstić information content (AvgIpc) is 2.82. The summed E-state index contributed by atoms with van der Waals surface area (Å²) in [6.07, 6.45) is 1.77. The van der Waals surface area contributed by atoms with Gasteiger partial charge in [-0.15, -0.1) is 11.3 Å². The van der Waals surface area contributed by atoms with E-state index in [0.29, 0.717) is 17.1 Å². The normalized spacial score (nSPS) is 10.2. The highest BCUT2D eigenvalue weighted by Gasteiger charge is 2.06. The van der Waals surface area contributed by atoms with Gasteiger partial charge in [-0.05, 0) is 19.1 Å². The molecule has 1 aromatic heterocycles. The lowest BCUT2D eigenvalue weighted by atomic mass is 10.1. The zero-order valence-corrected chi connectivity index (χ0v) is 12.0. The van der Waals surface area contributed by atoms with Crippen LogP contribution < -0.4 is 11.1 Å². The van der Waals surface area contributed by atoms with Crippen LogP contribution in [0.15, 0.2) is 30.5 Å². The van der Waals surface area contributed by atoms with Crippen LogP contribution in [0.3, 0.4) is 0 Å². The van der Waals surface area contributed by atoms with Crippen molar-refractivity contribution in [1.29, 1.82) is 0 Å². The molecule has 0 fully saturated rings. The summed E-state index contributed by atoms with van der Waals surface area (Å²) in [6.45, 7) is 2.42. The quantitative estimate of drug-likeness (QED) is 0.846. The number of carbonyl (C=O) groups excluding carboxylic acids is 1. The summed E-state index contributed by atoms with van der Waals surface area (Å²) in [4.78, 5) is 17.4. The molecule has 19 heavy (non-hydrogen) atoms. The number of thiocarbonyl (C=S) groups is 1. The van der Waals surface area contributed by atoms with Gasteiger partial charge in [0.1, 0.15) is 4.99 Å². The standard InChI is InChI=1S/C13H13N3OS2/c1-8-15-6-11(19-8)7-16-13(17)10-4-2-9(3-5-10)12(14)18/h2-6H,7H2,1H3,(H2,14,18)(H,16,17). The highest BCUT2D eigenvalue weighted by Crippen LogP contribution is 2.11. The van der Waals surface area contributed by atoms with Gasteiger partial charge in [-0.2, -0.15) is 0 Å². The third-order valence-electron chi connectivity index (χ3n) is 2.52. The van der Waals surface area contributed by atoms with Crippen molar-refractivity contribution in [2.24, 2.45) is 5.73 Å². The number of hydrogen-bond donors (Lipinski definition) is 2. The molecule has 0 saturated heterocycles. The van der Waals surface area contributed by atoms with E-state index in [0.717, 1.165) is 15.4 Å². The number of thiazole rings is 1. The van der Waals surface area contributed by atoms with Crippen LogP contribution in [0.5, 0.6) is 0 Å². The number of nitrogens with one attached hydrogen (secondary N) is 1. The molecule has 0 spiro atoms. The van der Waals surface area contributed by atoms with Crippen molar-refractivity contribution in [3.8, 4) is 0 Å². The van der Waals surface area contributed by atoms with Crippen molar-refractivity contribution in [2.75, 3.05) is 0 Å². The lowest BCUT2D eigenvalue weighted by molar-refractivity contribution is 0.0951. The lowest BCUT2D eigenvalue weighted by Crippen LogP contribution is -2.22. The molecule has 0 aliphatic rings. The Bertz CT molecular complexity index is 605. The van der Waals surface area contributed by atoms with Gasteiger partial charge < -0.3 is 11.1 Å². The fraction of sp³-hybridized carbons (Fsp3) is 0.154. The van der Waals surface area contributed by atoms with Crippen LogP contribution in [0, 0.1) is 6.92 Å². The first kappa shape index (κ1) is 13.6. The van der Waals surface area contributed by atoms with Gasteiger partial charge in [0.25, 0.3) is 5.91 Å². The maximum Gasteiger partial charge on any atom is 0.251 e. The number of rotatable bonds is 4. The summed E-state index contributed by atoms with van der Waals surface area (Å²) < 4.78 is 0. The molecule has 1 amide bonds. The highest BCUT2D eigenvalue weighted by molar-refractivity contribution is 7.80. The summed E-state index contributed by atoms with van der Waals surface area (Å²) in [5.41, 5.74) is 6.84. The number of hydrogen-bond acceptors (Lipinski definition) is 4. The molecule has 2 aromatic rings. The molecule has 3 N–H and O–H groups in total. The SMILES string of the molecule is Cc1ncc(CNC(=O)c2ccc(C(N)=S)cc2)s1. The summed E-state index contributed by atoms with van der Waals surface area (Å²) in [6, 6.07) is 6.91. The topological polar surface area (TPSA) is 68.0 Å². The summed E-state index contributed by atoms with van der Waals surface area (Å²) in [7, 11) is 0. The van der Waals surface area contributed by atoms with E-state index >= 15 is 0 Å². The first-order valence-corrected chi connectivity index (χ1v) is 6.88. The summed E-state index contributed by atoms with van der Waals surface area (Å²) in [5, 5.41) is 3.84. The first-order valence-electron chi connectivity index (χ1n) is 5.65. The molecule has 2 rings (SSSR count). The van der Waals surface area contributed by atoms with Crippen molar-refractivity contribution < 1.29 is 4.79 Å². The molecule has 98 valence electrons. The molecule has 6 heteroatoms. The Hall–Kier alpha value is -1.79. The van der Waals surface area contributed by atoms with Crippen molar-refractivity contribution >= 4 is 34.5 Å². The van der Waals surface area contributed by atoms with E-state index in [1.807, 2.05) is 6.92 Å². The monoisotopic (exact) mass is 291 g/mol. The van der Waals surface area contributed by atoms with Gasteiger partial charge in [0, 0.05) is 22.2 Å². The Labute approximate surface area is 120 Å². The van der Waals surface area contributed by atoms with Crippen LogP contribution in [-0.4, -0.2) is 15.9 Å². The second-order valence-electron chi connectivity index (χ2n) is 3.97. The average molecular weight is 291 g/mol. The zero-order valence-electron chi connectivity index (χ0n) is 10.3. The Kier molecular flexibility index (Phi) is 4.24. The molecule has 1 aromatic carbocycles. The highest BCUT2D eigenvalue weighted by atomic mass is 32.1. The van der Waals surface area contributed by atoms with Gasteiger partial charge in [0.05, 0.1) is 11.6 Å². The predicted molar refractivity (Wildman–Crippen MR) is 80.4 cm³/mol. The van der Waals surface area contributed by atoms with Gasteiger partial charge in [-0.25, -0.2) is 4.98 Å². The van der Waals surface area contributed by atoms with Gasteiger partial charge in [-0.3, -0.25) is 4.79 Å². The third kappa shape index (κ3) is 3.59. The fourth-order valence-corrected chi connectivity index (χ4v) is 2.41. The molecule has 1 heterocycles. The van der Waals surface area contributed by atoms with E-state index in [1.165, 1.54) is 0 Å². The molecule has 0 saturated carbocycles. The Morgan fingerprint density at radius 1 is 1.37 bits per heavy atom. The molecule has 0 atom stereocenters. The second-order valence-corrected chi connectivity index (χ2v) is 5.73. The van der Waals surface area contributed by atoms with Crippen LogP contribution in [0.25, 0.3) is 0 Å². The van der Waals surface area contributed by atoms with Gasteiger partial charge in [0.2, 0.25) is 0 Å². The second kappa shape index (κ2) is 5.90. The fourth-order valence-electron chi connectivity index (χ4n) is 1.54. The van der Waals surface area contributed by atoms with Crippen molar-refractivity contribution in [2.45, 2.75) is 13.5 Å². The summed E-state index contributed by atoms with van der Waals surface area (Å²) in [5.74, 6) is -0.124. The summed E-state index contributed by atoms with van der Waals surface area (Å²) >= 11 is 6.43. The number of nitrogens with two attached hydrogens (primary N) is 1. The number of nitrogens with zero attached hydrogens (tertiary/aromatic N) is 1. The molecule has 4 nitrogen and oxygen atoms in total. The lowest BCUT2D eigenvalue weighted by Gasteiger charge is -2.04. The largest absolute Gasteiger partial charge is 0.389 e. The van der Waals surface area contributed by atoms with E-state index in [-0.39, 0.29) is 5.91 Å². The minimum atomic E-state index is -0.124. The molecular formula is C13H13N3OS2. The Morgan fingerprint density at radius 2 is 2.00 bits per heavy atom. The zero-order chi connectivity index (χ0) is 13.8. The van der Waals surface area contributed by atoms with E-state index in [2.05, 4.69) is 10.3 Å². The molecule has 0 radical (unpaired) electrons. The van der Waals surface area contributed by atoms with Crippen LogP contribution in [0.4, 0.5) is 0 Å². The van der Waals surface area contributed by atoms with Gasteiger partial charge in [-0.1, -0.05) is 24.4 Å². The molecule has 0 unspecified atom stereocenters. The van der Waals surface area contributed by atoms with Gasteiger partial charge >= 0.3 is 0 Å². The molecule has 0 aliphatic heterocycles. The van der Waals surface area contributed by atoms with Crippen LogP contribution in [-0.2, 0) is 6.54 Å². The third-order valence-corrected chi connectivity index (χ3v) is 3.67. The maximum absolute atomic E-state index is 11.9. The number of carbonyl (C=O) groups is 1. The van der Waals surface area contributed by atoms with E-state index < -0.39 is 0 Å². The minimum Gasteiger partial charge on any atom is -0.389 e. The molecule has 0 bridgehead atoms. The number of aromatic nitrogens is 1. The number of aryl methyl sites for hydroxylation is 1. The van der Waals surface area contributed by atoms with Crippen LogP contribution in [0.1, 0.15) is 25.8 Å². The predicted octanol–water partition coefficient (Wildman–Crippen LogP) is 2.02. The smallest absolute Gasteiger partial charge is 0.251 e. The van der Waals surface area contributed by atoms with Crippen molar-refractivity contribution in [1.82, 2.24) is 10.3 Å². The van der Waals surface area contributed by atoms with E-state index in [9.17, 15) is 4.79 Å². The van der Waals surface area contributed by atoms with Crippen LogP contribution in [0.2, 0.25) is 0 Å². The van der Waals surface area contributed by atoms with Crippen molar-refractivity contribution in [3.63, 3.8) is 0 Å². The minimum absolute atomic E-state index is 0.124. The van der Waals surface area contributed by atoms with Crippen LogP contribution >= 0.6 is 23.6 Å². The number of benzene rings is 1. The molecule has 0 aliphatic carbocycles. The maximum atomic E-state index is 11.9. The van der Waals surface area contributed by atoms with E-state index in [4.69, 9.17) is 18.0 Å². The van der Waals surface area contributed by atoms with E-state index in [1.54, 1.807) is 41.8 Å². The molecular weight excluding hydrogens is 278 g/mol. The first-order chi connectivity index (χ1) is 9.06. The van der Waals surface area contributed by atoms with Crippen molar-refractivity contribution in [3.05, 3.63) is 51.5 Å². The Morgan fingerprint density at radius 3 is 2.53 bits per heavy atom. The van der Waals surface area contributed by atoms with Gasteiger partial charge in [0.15, 0.2) is 0 Å². The number of amides is 1.